The number of aliphatic hydroxyl groups is 1. The predicted octanol–water partition coefficient (Wildman–Crippen LogP) is 0.217. The molecule has 2 atom stereocenters. The van der Waals surface area contributed by atoms with Crippen molar-refractivity contribution >= 4 is 5.91 Å². The molecule has 1 amide bonds. The number of rotatable bonds is 2. The summed E-state index contributed by atoms with van der Waals surface area (Å²) in [6.45, 7) is 3.61. The van der Waals surface area contributed by atoms with Crippen LogP contribution in [-0.4, -0.2) is 48.7 Å². The summed E-state index contributed by atoms with van der Waals surface area (Å²) in [5.41, 5.74) is 0.0328. The van der Waals surface area contributed by atoms with Crippen LogP contribution in [0.25, 0.3) is 0 Å². The normalized spacial score (nSPS) is 37.7. The molecule has 2 saturated heterocycles. The first-order chi connectivity index (χ1) is 8.25. The number of fused-ring (bicyclic) bond motifs is 1. The minimum Gasteiger partial charge on any atom is -0.396 e. The van der Waals surface area contributed by atoms with Crippen molar-refractivity contribution < 1.29 is 9.90 Å². The number of amides is 1. The third-order valence-electron chi connectivity index (χ3n) is 5.05. The fraction of sp³-hybridized carbons (Fsp3) is 0.923. The van der Waals surface area contributed by atoms with Crippen molar-refractivity contribution in [2.45, 2.75) is 25.7 Å². The van der Waals surface area contributed by atoms with Crippen LogP contribution in [0.5, 0.6) is 0 Å². The zero-order valence-corrected chi connectivity index (χ0v) is 10.3. The summed E-state index contributed by atoms with van der Waals surface area (Å²) >= 11 is 0. The molecule has 96 valence electrons. The molecule has 17 heavy (non-hydrogen) atoms. The highest BCUT2D eigenvalue weighted by Gasteiger charge is 2.49. The van der Waals surface area contributed by atoms with Crippen LogP contribution in [-0.2, 0) is 4.79 Å². The Bertz CT molecular complexity index is 317. The Balaban J connectivity index is 1.71. The van der Waals surface area contributed by atoms with E-state index in [0.717, 1.165) is 32.6 Å². The Morgan fingerprint density at radius 1 is 1.41 bits per heavy atom. The van der Waals surface area contributed by atoms with Gasteiger partial charge in [0.1, 0.15) is 0 Å². The minimum absolute atomic E-state index is 0.0328. The van der Waals surface area contributed by atoms with Crippen LogP contribution in [0.2, 0.25) is 0 Å². The minimum atomic E-state index is 0.0328. The van der Waals surface area contributed by atoms with E-state index >= 15 is 0 Å². The van der Waals surface area contributed by atoms with Crippen LogP contribution in [0.1, 0.15) is 25.7 Å². The Kier molecular flexibility index (Phi) is 2.87. The van der Waals surface area contributed by atoms with Crippen molar-refractivity contribution in [3.05, 3.63) is 0 Å². The van der Waals surface area contributed by atoms with Gasteiger partial charge in [0.15, 0.2) is 0 Å². The van der Waals surface area contributed by atoms with Crippen LogP contribution in [0.3, 0.4) is 0 Å². The molecule has 0 spiro atoms. The second-order valence-electron chi connectivity index (χ2n) is 6.04. The van der Waals surface area contributed by atoms with E-state index in [1.54, 1.807) is 0 Å². The van der Waals surface area contributed by atoms with Gasteiger partial charge in [0, 0.05) is 31.6 Å². The van der Waals surface area contributed by atoms with Crippen LogP contribution < -0.4 is 5.32 Å². The third-order valence-corrected chi connectivity index (χ3v) is 5.05. The largest absolute Gasteiger partial charge is 0.396 e. The van der Waals surface area contributed by atoms with Gasteiger partial charge in [-0.1, -0.05) is 12.8 Å². The molecule has 1 aliphatic carbocycles. The van der Waals surface area contributed by atoms with Crippen LogP contribution in [0.15, 0.2) is 0 Å². The standard InChI is InChI=1S/C13H22N2O2/c16-9-13-4-2-1-3-11(13)7-15(8-13)12(17)10-5-14-6-10/h10-11,14,16H,1-9H2/t11-,13-/m0/s1. The summed E-state index contributed by atoms with van der Waals surface area (Å²) in [6.07, 6.45) is 4.76. The highest BCUT2D eigenvalue weighted by molar-refractivity contribution is 5.80. The number of hydrogen-bond acceptors (Lipinski definition) is 3. The lowest BCUT2D eigenvalue weighted by Gasteiger charge is -2.36. The average molecular weight is 238 g/mol. The molecule has 2 aliphatic heterocycles. The topological polar surface area (TPSA) is 52.6 Å². The fourth-order valence-corrected chi connectivity index (χ4v) is 3.73. The zero-order chi connectivity index (χ0) is 11.9. The molecule has 3 aliphatic rings. The predicted molar refractivity (Wildman–Crippen MR) is 64.4 cm³/mol. The van der Waals surface area contributed by atoms with E-state index in [-0.39, 0.29) is 17.9 Å². The molecule has 3 rings (SSSR count). The van der Waals surface area contributed by atoms with Gasteiger partial charge >= 0.3 is 0 Å². The Labute approximate surface area is 102 Å². The van der Waals surface area contributed by atoms with E-state index in [4.69, 9.17) is 0 Å². The van der Waals surface area contributed by atoms with Crippen LogP contribution in [0.4, 0.5) is 0 Å². The maximum absolute atomic E-state index is 12.2. The van der Waals surface area contributed by atoms with Gasteiger partial charge < -0.3 is 15.3 Å². The van der Waals surface area contributed by atoms with Crippen molar-refractivity contribution in [2.75, 3.05) is 32.8 Å². The molecular weight excluding hydrogens is 216 g/mol. The summed E-state index contributed by atoms with van der Waals surface area (Å²) in [6, 6.07) is 0. The van der Waals surface area contributed by atoms with Crippen molar-refractivity contribution in [2.24, 2.45) is 17.3 Å². The van der Waals surface area contributed by atoms with E-state index < -0.39 is 0 Å². The molecule has 0 bridgehead atoms. The molecule has 0 radical (unpaired) electrons. The number of nitrogens with zero attached hydrogens (tertiary/aromatic N) is 1. The number of aliphatic hydroxyl groups excluding tert-OH is 1. The summed E-state index contributed by atoms with van der Waals surface area (Å²) in [5.74, 6) is 1.05. The lowest BCUT2D eigenvalue weighted by molar-refractivity contribution is -0.136. The third kappa shape index (κ3) is 1.78. The maximum Gasteiger partial charge on any atom is 0.228 e. The molecule has 4 nitrogen and oxygen atoms in total. The molecular formula is C13H22N2O2. The van der Waals surface area contributed by atoms with Gasteiger partial charge in [-0.25, -0.2) is 0 Å². The van der Waals surface area contributed by atoms with E-state index in [0.29, 0.717) is 11.8 Å². The van der Waals surface area contributed by atoms with Gasteiger partial charge in [-0.3, -0.25) is 4.79 Å². The van der Waals surface area contributed by atoms with Crippen molar-refractivity contribution in [3.8, 4) is 0 Å². The van der Waals surface area contributed by atoms with Gasteiger partial charge in [0.05, 0.1) is 12.5 Å². The SMILES string of the molecule is O=C(C1CNC1)N1C[C@@H]2CCCC[C@@]2(CO)C1. The highest BCUT2D eigenvalue weighted by atomic mass is 16.3. The molecule has 0 unspecified atom stereocenters. The fourth-order valence-electron chi connectivity index (χ4n) is 3.73. The zero-order valence-electron chi connectivity index (χ0n) is 10.3. The van der Waals surface area contributed by atoms with Gasteiger partial charge in [-0.05, 0) is 18.8 Å². The molecule has 1 saturated carbocycles. The lowest BCUT2D eigenvalue weighted by atomic mass is 9.69. The summed E-state index contributed by atoms with van der Waals surface area (Å²) in [7, 11) is 0. The van der Waals surface area contributed by atoms with E-state index in [9.17, 15) is 9.90 Å². The molecule has 2 heterocycles. The number of likely N-dealkylation sites (tertiary alicyclic amines) is 1. The Morgan fingerprint density at radius 2 is 2.24 bits per heavy atom. The van der Waals surface area contributed by atoms with E-state index in [2.05, 4.69) is 5.32 Å². The lowest BCUT2D eigenvalue weighted by Crippen LogP contribution is -2.52. The molecule has 3 fully saturated rings. The number of nitrogens with one attached hydrogen (secondary N) is 1. The smallest absolute Gasteiger partial charge is 0.228 e. The van der Waals surface area contributed by atoms with E-state index in [1.165, 1.54) is 19.3 Å². The molecule has 2 N–H and O–H groups in total. The summed E-state index contributed by atoms with van der Waals surface area (Å²) < 4.78 is 0. The molecule has 4 heteroatoms. The Hall–Kier alpha value is -0.610. The van der Waals surface area contributed by atoms with Crippen LogP contribution >= 0.6 is 0 Å². The van der Waals surface area contributed by atoms with Crippen molar-refractivity contribution in [1.82, 2.24) is 10.2 Å². The molecule has 0 aromatic rings. The monoisotopic (exact) mass is 238 g/mol. The highest BCUT2D eigenvalue weighted by Crippen LogP contribution is 2.46. The number of carbonyl (C=O) groups excluding carboxylic acids is 1. The van der Waals surface area contributed by atoms with Crippen LogP contribution in [0, 0.1) is 17.3 Å². The van der Waals surface area contributed by atoms with Gasteiger partial charge in [-0.15, -0.1) is 0 Å². The first-order valence-electron chi connectivity index (χ1n) is 6.85. The number of hydrogen-bond donors (Lipinski definition) is 2. The van der Waals surface area contributed by atoms with Gasteiger partial charge in [-0.2, -0.15) is 0 Å². The Morgan fingerprint density at radius 3 is 2.82 bits per heavy atom. The van der Waals surface area contributed by atoms with Crippen molar-refractivity contribution in [3.63, 3.8) is 0 Å². The quantitative estimate of drug-likeness (QED) is 0.723. The average Bonchev–Trinajstić information content (AvgIpc) is 2.66. The van der Waals surface area contributed by atoms with Gasteiger partial charge in [0.25, 0.3) is 0 Å². The summed E-state index contributed by atoms with van der Waals surface area (Å²) in [4.78, 5) is 14.3. The first kappa shape index (κ1) is 11.5. The molecule has 0 aromatic carbocycles. The van der Waals surface area contributed by atoms with E-state index in [1.807, 2.05) is 4.90 Å². The second-order valence-corrected chi connectivity index (χ2v) is 6.04. The number of carbonyl (C=O) groups is 1. The second kappa shape index (κ2) is 4.25. The van der Waals surface area contributed by atoms with Crippen molar-refractivity contribution in [1.29, 1.82) is 0 Å². The van der Waals surface area contributed by atoms with Gasteiger partial charge in [0.2, 0.25) is 5.91 Å². The molecule has 0 aromatic heterocycles. The maximum atomic E-state index is 12.2. The first-order valence-corrected chi connectivity index (χ1v) is 6.85. The summed E-state index contributed by atoms with van der Waals surface area (Å²) in [5, 5.41) is 12.9.